The monoisotopic (exact) mass is 526 g/mol. The number of rotatable bonds is 8. The third kappa shape index (κ3) is 8.27. The summed E-state index contributed by atoms with van der Waals surface area (Å²) in [7, 11) is -4.94. The number of nitrogens with one attached hydrogen (secondary N) is 1. The molecule has 2 aliphatic rings. The van der Waals surface area contributed by atoms with Crippen LogP contribution in [0.4, 0.5) is 0 Å². The number of aliphatic imine (C=N–C) groups is 1. The molecule has 18 heteroatoms. The van der Waals surface area contributed by atoms with Gasteiger partial charge in [0.05, 0.1) is 13.2 Å². The third-order valence-corrected chi connectivity index (χ3v) is 5.35. The zero-order valence-corrected chi connectivity index (χ0v) is 21.3. The molecule has 1 amide bonds. The van der Waals surface area contributed by atoms with Gasteiger partial charge in [0.25, 0.3) is 0 Å². The smallest absolute Gasteiger partial charge is 0.862 e. The predicted molar refractivity (Wildman–Crippen MR) is 102 cm³/mol. The van der Waals surface area contributed by atoms with Crippen molar-refractivity contribution in [2.75, 3.05) is 13.2 Å². The molecule has 7 N–H and O–H groups in total. The second-order valence-corrected chi connectivity index (χ2v) is 8.53. The first-order valence-corrected chi connectivity index (χ1v) is 11.0. The number of carbonyl (C=O) groups excluding carboxylic acids is 1. The fraction of sp³-hybridized carbons (Fsp3) is 0.875. The summed E-state index contributed by atoms with van der Waals surface area (Å²) >= 11 is 0. The van der Waals surface area contributed by atoms with Crippen molar-refractivity contribution in [2.24, 2.45) is 4.99 Å². The molecule has 0 bridgehead atoms. The van der Waals surface area contributed by atoms with Gasteiger partial charge >= 0.3 is 40.0 Å². The molecule has 0 aromatic heterocycles. The van der Waals surface area contributed by atoms with Crippen LogP contribution in [0.5, 0.6) is 0 Å². The third-order valence-electron chi connectivity index (χ3n) is 4.91. The van der Waals surface area contributed by atoms with E-state index in [2.05, 4.69) is 14.5 Å². The Balaban J connectivity index is 0.00000578. The molecule has 2 fully saturated rings. The fourth-order valence-electron chi connectivity index (χ4n) is 3.47. The molecule has 2 rings (SSSR count). The summed E-state index contributed by atoms with van der Waals surface area (Å²) in [5, 5.41) is 64.5. The van der Waals surface area contributed by atoms with Gasteiger partial charge in [-0.25, -0.2) is 4.18 Å². The largest absolute Gasteiger partial charge is 1.00 e. The minimum absolute atomic E-state index is 0. The van der Waals surface area contributed by atoms with Crippen LogP contribution in [-0.2, 0) is 33.6 Å². The van der Waals surface area contributed by atoms with Gasteiger partial charge in [0.15, 0.2) is 12.6 Å². The molecule has 34 heavy (non-hydrogen) atoms. The summed E-state index contributed by atoms with van der Waals surface area (Å²) in [5.41, 5.74) is 0. The Morgan fingerprint density at radius 2 is 1.71 bits per heavy atom. The summed E-state index contributed by atoms with van der Waals surface area (Å²) in [6, 6.07) is -2.99. The normalized spacial score (nSPS) is 39.2. The minimum Gasteiger partial charge on any atom is -0.862 e. The second kappa shape index (κ2) is 13.2. The molecule has 10 atom stereocenters. The van der Waals surface area contributed by atoms with E-state index in [1.165, 1.54) is 0 Å². The van der Waals surface area contributed by atoms with Crippen LogP contribution in [0.2, 0.25) is 0 Å². The molecule has 2 saturated heterocycles. The Labute approximate surface area is 216 Å². The van der Waals surface area contributed by atoms with Crippen LogP contribution in [0.25, 0.3) is 0 Å². The number of aliphatic hydroxyl groups is 5. The molecule has 0 spiro atoms. The topological polar surface area (TPSA) is 257 Å². The number of hydrogen-bond donors (Lipinski definition) is 7. The van der Waals surface area contributed by atoms with Gasteiger partial charge in [-0.1, -0.05) is 0 Å². The first kappa shape index (κ1) is 31.5. The zero-order chi connectivity index (χ0) is 25.1. The van der Waals surface area contributed by atoms with Gasteiger partial charge in [-0.15, -0.1) is 0 Å². The second-order valence-electron chi connectivity index (χ2n) is 7.44. The van der Waals surface area contributed by atoms with E-state index in [4.69, 9.17) is 18.8 Å². The molecule has 16 nitrogen and oxygen atoms in total. The van der Waals surface area contributed by atoms with Crippen LogP contribution in [0.1, 0.15) is 13.8 Å². The molecule has 0 aliphatic carbocycles. The Bertz CT molecular complexity index is 812. The summed E-state index contributed by atoms with van der Waals surface area (Å²) in [6.45, 7) is 0.389. The van der Waals surface area contributed by atoms with Gasteiger partial charge in [-0.2, -0.15) is 8.42 Å². The summed E-state index contributed by atoms with van der Waals surface area (Å²) in [5.74, 6) is -1.44. The standard InChI is InChI=1S/C16H28N2O14S.Na/c1-5(20)17-9-13(24)14(7(3-19)30-15(9)25)32-16-10(18-6(2)21)12(23)11(22)8(31-16)4-29-33(26,27)28;/h7-16,19,22-25H,3-4H2,1-2H3,(H,17,20)(H,18,21)(H,26,27,28);/q;+1/p-1/t7-,8-,9-,10-,11-,12-,13-,14-,15+,16+;/m1./s1. The van der Waals surface area contributed by atoms with Crippen molar-refractivity contribution >= 4 is 22.2 Å². The van der Waals surface area contributed by atoms with Crippen LogP contribution in [0, 0.1) is 0 Å². The Morgan fingerprint density at radius 3 is 2.21 bits per heavy atom. The van der Waals surface area contributed by atoms with Crippen molar-refractivity contribution in [1.29, 1.82) is 0 Å². The summed E-state index contributed by atoms with van der Waals surface area (Å²) < 4.78 is 50.8. The van der Waals surface area contributed by atoms with Crippen molar-refractivity contribution in [1.82, 2.24) is 5.32 Å². The van der Waals surface area contributed by atoms with E-state index in [0.717, 1.165) is 13.8 Å². The predicted octanol–water partition coefficient (Wildman–Crippen LogP) is -8.64. The van der Waals surface area contributed by atoms with Crippen LogP contribution in [0.15, 0.2) is 4.99 Å². The van der Waals surface area contributed by atoms with Gasteiger partial charge in [0, 0.05) is 6.92 Å². The van der Waals surface area contributed by atoms with E-state index in [0.29, 0.717) is 0 Å². The van der Waals surface area contributed by atoms with Crippen molar-refractivity contribution in [3.05, 3.63) is 0 Å². The SMILES string of the molecule is CC(=O)N[C@H]1[C@H](O[C@H]2[C@H](O)[C@@H](N=C(C)[O-])[C@@H](O)O[C@@H]2CO)O[C@H](COS(=O)(=O)O)[C@@H](O)[C@@H]1O.[Na+]. The van der Waals surface area contributed by atoms with Gasteiger partial charge in [0.1, 0.15) is 48.7 Å². The molecule has 0 aromatic carbocycles. The summed E-state index contributed by atoms with van der Waals surface area (Å²) in [4.78, 5) is 15.1. The Kier molecular flexibility index (Phi) is 12.2. The van der Waals surface area contributed by atoms with Crippen molar-refractivity contribution in [2.45, 2.75) is 75.1 Å². The molecular weight excluding hydrogens is 499 g/mol. The molecular formula is C16H27N2NaO14S. The number of nitrogens with zero attached hydrogens (tertiary/aromatic N) is 1. The van der Waals surface area contributed by atoms with E-state index < -0.39 is 96.7 Å². The van der Waals surface area contributed by atoms with E-state index in [1.807, 2.05) is 0 Å². The average molecular weight is 526 g/mol. The average Bonchev–Trinajstić information content (AvgIpc) is 2.70. The summed E-state index contributed by atoms with van der Waals surface area (Å²) in [6.07, 6.45) is -13.4. The fourth-order valence-corrected chi connectivity index (χ4v) is 3.77. The molecule has 0 unspecified atom stereocenters. The van der Waals surface area contributed by atoms with E-state index in [9.17, 15) is 43.9 Å². The number of ether oxygens (including phenoxy) is 3. The van der Waals surface area contributed by atoms with Crippen LogP contribution in [-0.4, -0.2) is 125 Å². The number of hydrogen-bond acceptors (Lipinski definition) is 14. The number of aliphatic hydroxyl groups excluding tert-OH is 5. The number of carbonyl (C=O) groups is 1. The minimum atomic E-state index is -4.94. The van der Waals surface area contributed by atoms with Gasteiger partial charge in [0.2, 0.25) is 5.91 Å². The van der Waals surface area contributed by atoms with Gasteiger partial charge in [-0.3, -0.25) is 14.3 Å². The molecule has 0 saturated carbocycles. The Hall–Kier alpha value is -0.510. The molecule has 192 valence electrons. The Morgan fingerprint density at radius 1 is 1.09 bits per heavy atom. The van der Waals surface area contributed by atoms with Gasteiger partial charge in [-0.05, 0) is 12.8 Å². The zero-order valence-electron chi connectivity index (χ0n) is 18.5. The van der Waals surface area contributed by atoms with Crippen molar-refractivity contribution in [3.8, 4) is 0 Å². The van der Waals surface area contributed by atoms with Crippen LogP contribution >= 0.6 is 0 Å². The molecule has 2 heterocycles. The maximum atomic E-state index is 11.6. The van der Waals surface area contributed by atoms with Crippen LogP contribution < -0.4 is 40.0 Å². The van der Waals surface area contributed by atoms with Crippen molar-refractivity contribution < 1.29 is 96.4 Å². The molecule has 0 aromatic rings. The van der Waals surface area contributed by atoms with E-state index in [1.54, 1.807) is 0 Å². The van der Waals surface area contributed by atoms with Gasteiger partial charge < -0.3 is 50.2 Å². The molecule has 0 radical (unpaired) electrons. The maximum Gasteiger partial charge on any atom is 1.00 e. The first-order chi connectivity index (χ1) is 15.2. The van der Waals surface area contributed by atoms with E-state index in [-0.39, 0.29) is 29.6 Å². The van der Waals surface area contributed by atoms with Crippen LogP contribution in [0.3, 0.4) is 0 Å². The molecule has 2 aliphatic heterocycles. The van der Waals surface area contributed by atoms with E-state index >= 15 is 0 Å². The maximum absolute atomic E-state index is 11.6. The first-order valence-electron chi connectivity index (χ1n) is 9.65. The quantitative estimate of drug-likeness (QED) is 0.0671. The van der Waals surface area contributed by atoms with Crippen molar-refractivity contribution in [3.63, 3.8) is 0 Å². The number of amides is 1.